The van der Waals surface area contributed by atoms with Crippen LogP contribution in [0.2, 0.25) is 0 Å². The highest BCUT2D eigenvalue weighted by Gasteiger charge is 2.43. The van der Waals surface area contributed by atoms with Gasteiger partial charge in [-0.3, -0.25) is 14.6 Å². The lowest BCUT2D eigenvalue weighted by atomic mass is 9.90. The first kappa shape index (κ1) is 29.1. The molecule has 0 aliphatic carbocycles. The van der Waals surface area contributed by atoms with Crippen molar-refractivity contribution in [2.24, 2.45) is 0 Å². The van der Waals surface area contributed by atoms with Gasteiger partial charge in [0.1, 0.15) is 17.8 Å². The molecule has 1 aromatic carbocycles. The van der Waals surface area contributed by atoms with Crippen LogP contribution in [0.15, 0.2) is 36.7 Å². The Kier molecular flexibility index (Phi) is 7.60. The van der Waals surface area contributed by atoms with Gasteiger partial charge in [0.2, 0.25) is 5.91 Å². The van der Waals surface area contributed by atoms with E-state index in [1.165, 1.54) is 12.1 Å². The summed E-state index contributed by atoms with van der Waals surface area (Å²) in [5.74, 6) is -0.203. The number of rotatable bonds is 6. The Hall–Kier alpha value is -2.95. The molecule has 42 heavy (non-hydrogen) atoms. The van der Waals surface area contributed by atoms with Gasteiger partial charge >= 0.3 is 0 Å². The van der Waals surface area contributed by atoms with Gasteiger partial charge in [-0.05, 0) is 57.4 Å². The third kappa shape index (κ3) is 5.68. The molecule has 10 heteroatoms. The van der Waals surface area contributed by atoms with Crippen LogP contribution in [0.5, 0.6) is 0 Å². The predicted molar refractivity (Wildman–Crippen MR) is 160 cm³/mol. The number of nitrogens with one attached hydrogen (secondary N) is 1. The highest BCUT2D eigenvalue weighted by atomic mass is 19.1. The van der Waals surface area contributed by atoms with Crippen LogP contribution < -0.4 is 10.2 Å². The largest absolute Gasteiger partial charge is 0.311 e. The first-order chi connectivity index (χ1) is 19.9. The molecule has 0 bridgehead atoms. The molecule has 2 saturated heterocycles. The van der Waals surface area contributed by atoms with Gasteiger partial charge in [-0.25, -0.2) is 18.3 Å². The molecule has 6 rings (SSSR count). The number of halogens is 2. The van der Waals surface area contributed by atoms with Crippen molar-refractivity contribution in [3.05, 3.63) is 59.3 Å². The number of amides is 1. The molecule has 1 unspecified atom stereocenters. The van der Waals surface area contributed by atoms with E-state index in [2.05, 4.69) is 59.0 Å². The normalized spacial score (nSPS) is 28.4. The highest BCUT2D eigenvalue weighted by molar-refractivity contribution is 5.97. The van der Waals surface area contributed by atoms with E-state index in [1.807, 2.05) is 9.42 Å². The predicted octanol–water partition coefficient (Wildman–Crippen LogP) is 3.96. The molecule has 1 amide bonds. The number of piperazine rings is 1. The molecule has 3 aromatic rings. The van der Waals surface area contributed by atoms with Crippen LogP contribution in [0.25, 0.3) is 5.65 Å². The number of anilines is 1. The molecule has 4 atom stereocenters. The first-order valence-electron chi connectivity index (χ1n) is 15.2. The van der Waals surface area contributed by atoms with E-state index in [4.69, 9.17) is 0 Å². The summed E-state index contributed by atoms with van der Waals surface area (Å²) in [6.07, 6.45) is 3.20. The topological polar surface area (TPSA) is 69.0 Å². The van der Waals surface area contributed by atoms with E-state index in [0.29, 0.717) is 32.4 Å². The van der Waals surface area contributed by atoms with E-state index in [1.54, 1.807) is 25.4 Å². The average Bonchev–Trinajstić information content (AvgIpc) is 3.50. The summed E-state index contributed by atoms with van der Waals surface area (Å²) in [6, 6.07) is 9.19. The van der Waals surface area contributed by atoms with Crippen molar-refractivity contribution in [2.45, 2.75) is 83.1 Å². The first-order valence-corrected chi connectivity index (χ1v) is 15.2. The van der Waals surface area contributed by atoms with Crippen molar-refractivity contribution < 1.29 is 13.6 Å². The van der Waals surface area contributed by atoms with E-state index < -0.39 is 5.67 Å². The second kappa shape index (κ2) is 11.0. The van der Waals surface area contributed by atoms with Crippen LogP contribution in [-0.4, -0.2) is 93.4 Å². The third-order valence-electron chi connectivity index (χ3n) is 9.47. The van der Waals surface area contributed by atoms with Crippen LogP contribution in [0.3, 0.4) is 0 Å². The molecule has 3 aliphatic heterocycles. The molecule has 226 valence electrons. The summed E-state index contributed by atoms with van der Waals surface area (Å²) in [6.45, 7) is 14.3. The van der Waals surface area contributed by atoms with Crippen LogP contribution >= 0.6 is 0 Å². The maximum absolute atomic E-state index is 14.6. The van der Waals surface area contributed by atoms with Gasteiger partial charge in [-0.1, -0.05) is 26.0 Å². The zero-order valence-electron chi connectivity index (χ0n) is 25.4. The number of fused-ring (bicyclic) bond motifs is 3. The maximum Gasteiger partial charge on any atom is 0.241 e. The van der Waals surface area contributed by atoms with Crippen molar-refractivity contribution in [1.82, 2.24) is 29.7 Å². The Morgan fingerprint density at radius 1 is 1.14 bits per heavy atom. The number of carbonyl (C=O) groups excluding carboxylic acids is 1. The molecule has 1 N–H and O–H groups in total. The van der Waals surface area contributed by atoms with E-state index in [9.17, 15) is 13.6 Å². The highest BCUT2D eigenvalue weighted by Crippen LogP contribution is 2.42. The Morgan fingerprint density at radius 3 is 2.64 bits per heavy atom. The molecular weight excluding hydrogens is 536 g/mol. The third-order valence-corrected chi connectivity index (χ3v) is 9.47. The summed E-state index contributed by atoms with van der Waals surface area (Å²) in [7, 11) is 0. The van der Waals surface area contributed by atoms with E-state index in [0.717, 1.165) is 54.3 Å². The monoisotopic (exact) mass is 579 g/mol. The number of carbonyl (C=O) groups is 1. The smallest absolute Gasteiger partial charge is 0.241 e. The fourth-order valence-electron chi connectivity index (χ4n) is 7.25. The van der Waals surface area contributed by atoms with E-state index >= 15 is 0 Å². The molecule has 2 fully saturated rings. The summed E-state index contributed by atoms with van der Waals surface area (Å²) in [5.41, 5.74) is 3.10. The van der Waals surface area contributed by atoms with Crippen molar-refractivity contribution in [3.8, 4) is 0 Å². The van der Waals surface area contributed by atoms with Gasteiger partial charge in [0.25, 0.3) is 0 Å². The van der Waals surface area contributed by atoms with Gasteiger partial charge in [-0.2, -0.15) is 5.10 Å². The lowest BCUT2D eigenvalue weighted by molar-refractivity contribution is -0.121. The number of nitrogens with zero attached hydrogens (tertiary/aromatic N) is 6. The minimum Gasteiger partial charge on any atom is -0.311 e. The van der Waals surface area contributed by atoms with Gasteiger partial charge in [-0.15, -0.1) is 0 Å². The van der Waals surface area contributed by atoms with Gasteiger partial charge in [0, 0.05) is 68.2 Å². The summed E-state index contributed by atoms with van der Waals surface area (Å²) >= 11 is 0. The Morgan fingerprint density at radius 2 is 1.90 bits per heavy atom. The maximum atomic E-state index is 14.6. The van der Waals surface area contributed by atoms with Crippen molar-refractivity contribution >= 4 is 17.2 Å². The minimum atomic E-state index is -1.11. The standard InChI is InChI=1S/C32H43F2N7O/c1-21-16-39(26(15-35-21)17-38-11-10-32(5,34)14-22(38)2)18-28(42)40-19-31(3,4)29-27(40)13-24(30-36-20-37-41(29)30)12-23-6-8-25(33)9-7-23/h6-9,13,20-22,26,35H,10-12,14-19H2,1-5H3/t21-,22-,26-,32?/m1/s1. The molecular formula is C32H43F2N7O. The quantitative estimate of drug-likeness (QED) is 0.477. The molecule has 3 aliphatic rings. The van der Waals surface area contributed by atoms with Crippen LogP contribution in [0.1, 0.15) is 64.3 Å². The van der Waals surface area contributed by atoms with Crippen LogP contribution in [-0.2, 0) is 16.6 Å². The van der Waals surface area contributed by atoms with Gasteiger partial charge < -0.3 is 10.2 Å². The second-order valence-electron chi connectivity index (χ2n) is 13.7. The molecule has 0 spiro atoms. The SMILES string of the molecule is C[C@@H]1CN(CC(=O)N2CC(C)(C)c3c2cc(Cc2ccc(F)cc2)c2ncnn32)[C@@H](CN2CCC(C)(F)C[C@H]2C)CN1. The molecule has 8 nitrogen and oxygen atoms in total. The Bertz CT molecular complexity index is 1450. The number of benzene rings is 1. The number of pyridine rings is 1. The second-order valence-corrected chi connectivity index (χ2v) is 13.7. The lowest BCUT2D eigenvalue weighted by Crippen LogP contribution is -2.62. The van der Waals surface area contributed by atoms with Crippen molar-refractivity contribution in [2.75, 3.05) is 44.2 Å². The van der Waals surface area contributed by atoms with Gasteiger partial charge in [0.15, 0.2) is 5.65 Å². The van der Waals surface area contributed by atoms with Crippen LogP contribution in [0, 0.1) is 5.82 Å². The minimum absolute atomic E-state index is 0.0659. The lowest BCUT2D eigenvalue weighted by Gasteiger charge is -2.45. The average molecular weight is 580 g/mol. The molecule has 2 aromatic heterocycles. The fourth-order valence-corrected chi connectivity index (χ4v) is 7.25. The summed E-state index contributed by atoms with van der Waals surface area (Å²) in [4.78, 5) is 25.3. The summed E-state index contributed by atoms with van der Waals surface area (Å²) in [5, 5.41) is 8.17. The Labute approximate surface area is 247 Å². The van der Waals surface area contributed by atoms with Crippen molar-refractivity contribution in [1.29, 1.82) is 0 Å². The summed E-state index contributed by atoms with van der Waals surface area (Å²) < 4.78 is 30.1. The number of likely N-dealkylation sites (tertiary alicyclic amines) is 1. The molecule has 5 heterocycles. The Balaban J connectivity index is 1.26. The molecule has 0 saturated carbocycles. The number of alkyl halides is 1. The van der Waals surface area contributed by atoms with Crippen molar-refractivity contribution in [3.63, 3.8) is 0 Å². The number of piperidine rings is 1. The van der Waals surface area contributed by atoms with E-state index in [-0.39, 0.29) is 35.3 Å². The molecule has 0 radical (unpaired) electrons. The number of hydrogen-bond acceptors (Lipinski definition) is 6. The number of aromatic nitrogens is 3. The van der Waals surface area contributed by atoms with Crippen LogP contribution in [0.4, 0.5) is 14.5 Å². The zero-order valence-corrected chi connectivity index (χ0v) is 25.4. The number of hydrogen-bond donors (Lipinski definition) is 1. The zero-order chi connectivity index (χ0) is 29.8. The van der Waals surface area contributed by atoms with Gasteiger partial charge in [0.05, 0.1) is 17.9 Å². The fraction of sp³-hybridized carbons (Fsp3) is 0.594.